The molecule has 1 aliphatic heterocycles. The third-order valence-electron chi connectivity index (χ3n) is 4.85. The minimum atomic E-state index is -0.128. The van der Waals surface area contributed by atoms with Crippen LogP contribution in [-0.2, 0) is 5.41 Å². The Kier molecular flexibility index (Phi) is 2.08. The maximum absolute atomic E-state index is 5.79. The largest absolute Gasteiger partial charge is 0.454 e. The summed E-state index contributed by atoms with van der Waals surface area (Å²) < 4.78 is 11.4. The fraction of sp³-hybridized carbons (Fsp3) is 0.211. The van der Waals surface area contributed by atoms with Gasteiger partial charge in [0.05, 0.1) is 5.69 Å². The van der Waals surface area contributed by atoms with Crippen molar-refractivity contribution in [1.29, 1.82) is 0 Å². The summed E-state index contributed by atoms with van der Waals surface area (Å²) in [4.78, 5) is 4.72. The highest BCUT2D eigenvalue weighted by molar-refractivity contribution is 6.06. The molecular weight excluding hydrogens is 274 g/mol. The second kappa shape index (κ2) is 3.80. The molecule has 0 saturated heterocycles. The number of benzene rings is 2. The van der Waals surface area contributed by atoms with Crippen molar-refractivity contribution >= 4 is 10.8 Å². The first-order valence-electron chi connectivity index (χ1n) is 7.49. The van der Waals surface area contributed by atoms with Crippen molar-refractivity contribution in [2.45, 2.75) is 19.3 Å². The lowest BCUT2D eigenvalue weighted by Gasteiger charge is -2.34. The van der Waals surface area contributed by atoms with E-state index in [-0.39, 0.29) is 12.2 Å². The fourth-order valence-corrected chi connectivity index (χ4v) is 3.81. The summed E-state index contributed by atoms with van der Waals surface area (Å²) >= 11 is 0. The number of pyridine rings is 1. The van der Waals surface area contributed by atoms with Crippen molar-refractivity contribution < 1.29 is 9.47 Å². The quantitative estimate of drug-likeness (QED) is 0.619. The fourth-order valence-electron chi connectivity index (χ4n) is 3.81. The number of ether oxygens (including phenoxy) is 2. The molecule has 108 valence electrons. The average Bonchev–Trinajstić information content (AvgIpc) is 2.99. The van der Waals surface area contributed by atoms with Crippen LogP contribution in [-0.4, -0.2) is 11.8 Å². The highest BCUT2D eigenvalue weighted by atomic mass is 16.7. The molecule has 0 bridgehead atoms. The predicted molar refractivity (Wildman–Crippen MR) is 85.4 cm³/mol. The molecule has 3 heteroatoms. The lowest BCUT2D eigenvalue weighted by Crippen LogP contribution is -2.25. The van der Waals surface area contributed by atoms with Crippen LogP contribution in [0.3, 0.4) is 0 Å². The van der Waals surface area contributed by atoms with Crippen LogP contribution in [0.15, 0.2) is 42.6 Å². The summed E-state index contributed by atoms with van der Waals surface area (Å²) in [6, 6.07) is 12.6. The number of hydrogen-bond acceptors (Lipinski definition) is 3. The molecule has 0 N–H and O–H groups in total. The zero-order valence-electron chi connectivity index (χ0n) is 12.5. The van der Waals surface area contributed by atoms with Gasteiger partial charge in [0.15, 0.2) is 11.5 Å². The number of hydrogen-bond donors (Lipinski definition) is 0. The maximum Gasteiger partial charge on any atom is 0.231 e. The van der Waals surface area contributed by atoms with Crippen molar-refractivity contribution in [3.8, 4) is 22.6 Å². The van der Waals surface area contributed by atoms with Crippen LogP contribution in [0.4, 0.5) is 0 Å². The predicted octanol–water partition coefficient (Wildman–Crippen LogP) is 4.27. The molecule has 0 atom stereocenters. The Morgan fingerprint density at radius 1 is 1.09 bits per heavy atom. The molecule has 3 aromatic rings. The molecule has 22 heavy (non-hydrogen) atoms. The van der Waals surface area contributed by atoms with Crippen LogP contribution < -0.4 is 9.47 Å². The Morgan fingerprint density at radius 2 is 1.95 bits per heavy atom. The highest BCUT2D eigenvalue weighted by Crippen LogP contribution is 2.54. The molecule has 0 radical (unpaired) electrons. The summed E-state index contributed by atoms with van der Waals surface area (Å²) in [5.41, 5.74) is 4.61. The van der Waals surface area contributed by atoms with Gasteiger partial charge in [0, 0.05) is 22.6 Å². The first-order valence-corrected chi connectivity index (χ1v) is 7.49. The Labute approximate surface area is 128 Å². The van der Waals surface area contributed by atoms with Gasteiger partial charge in [-0.25, -0.2) is 0 Å². The Balaban J connectivity index is 2.07. The van der Waals surface area contributed by atoms with Crippen molar-refractivity contribution in [3.05, 3.63) is 53.9 Å². The van der Waals surface area contributed by atoms with E-state index in [2.05, 4.69) is 44.2 Å². The topological polar surface area (TPSA) is 31.4 Å². The van der Waals surface area contributed by atoms with Gasteiger partial charge in [-0.2, -0.15) is 0 Å². The van der Waals surface area contributed by atoms with Gasteiger partial charge in [0.2, 0.25) is 6.79 Å². The summed E-state index contributed by atoms with van der Waals surface area (Å²) in [6.07, 6.45) is 1.89. The first-order chi connectivity index (χ1) is 10.7. The van der Waals surface area contributed by atoms with Crippen molar-refractivity contribution in [3.63, 3.8) is 0 Å². The molecule has 1 aromatic heterocycles. The van der Waals surface area contributed by atoms with Gasteiger partial charge in [-0.3, -0.25) is 4.98 Å². The van der Waals surface area contributed by atoms with E-state index in [1.54, 1.807) is 0 Å². The molecule has 0 spiro atoms. The van der Waals surface area contributed by atoms with E-state index in [1.165, 1.54) is 16.5 Å². The van der Waals surface area contributed by atoms with Gasteiger partial charge < -0.3 is 9.47 Å². The first kappa shape index (κ1) is 12.0. The monoisotopic (exact) mass is 289 g/mol. The second-order valence-corrected chi connectivity index (χ2v) is 6.41. The summed E-state index contributed by atoms with van der Waals surface area (Å²) in [5, 5.41) is 2.35. The molecule has 0 saturated carbocycles. The normalized spacial score (nSPS) is 16.6. The number of rotatable bonds is 0. The molecule has 0 amide bonds. The lowest BCUT2D eigenvalue weighted by atomic mass is 9.71. The SMILES string of the molecule is CC1(C)c2ccccc2-c2c3c(cc4ccnc1c24)OCO3. The molecule has 2 aromatic carbocycles. The molecule has 0 unspecified atom stereocenters. The number of nitrogens with zero attached hydrogens (tertiary/aromatic N) is 1. The number of aromatic nitrogens is 1. The number of fused-ring (bicyclic) bond motifs is 4. The van der Waals surface area contributed by atoms with Gasteiger partial charge >= 0.3 is 0 Å². The van der Waals surface area contributed by atoms with Crippen LogP contribution in [0.1, 0.15) is 25.1 Å². The second-order valence-electron chi connectivity index (χ2n) is 6.41. The maximum atomic E-state index is 5.79. The summed E-state index contributed by atoms with van der Waals surface area (Å²) in [6.45, 7) is 4.76. The molecule has 3 nitrogen and oxygen atoms in total. The lowest BCUT2D eigenvalue weighted by molar-refractivity contribution is 0.174. The molecule has 2 aliphatic rings. The van der Waals surface area contributed by atoms with Gasteiger partial charge in [-0.05, 0) is 28.6 Å². The minimum absolute atomic E-state index is 0.128. The van der Waals surface area contributed by atoms with Crippen molar-refractivity contribution in [2.75, 3.05) is 6.79 Å². The van der Waals surface area contributed by atoms with E-state index in [0.717, 1.165) is 28.1 Å². The van der Waals surface area contributed by atoms with Gasteiger partial charge in [-0.15, -0.1) is 0 Å². The van der Waals surface area contributed by atoms with E-state index in [4.69, 9.17) is 14.5 Å². The Morgan fingerprint density at radius 3 is 2.86 bits per heavy atom. The molecule has 0 fully saturated rings. The zero-order chi connectivity index (χ0) is 14.9. The Hall–Kier alpha value is -2.55. The Bertz CT molecular complexity index is 944. The van der Waals surface area contributed by atoms with Crippen LogP contribution in [0.2, 0.25) is 0 Å². The minimum Gasteiger partial charge on any atom is -0.454 e. The van der Waals surface area contributed by atoms with E-state index in [9.17, 15) is 0 Å². The van der Waals surface area contributed by atoms with Crippen molar-refractivity contribution in [2.24, 2.45) is 0 Å². The summed E-state index contributed by atoms with van der Waals surface area (Å²) in [7, 11) is 0. The van der Waals surface area contributed by atoms with E-state index in [0.29, 0.717) is 0 Å². The average molecular weight is 289 g/mol. The molecule has 1 aliphatic carbocycles. The van der Waals surface area contributed by atoms with Crippen molar-refractivity contribution in [1.82, 2.24) is 4.98 Å². The molecular formula is C19H15NO2. The van der Waals surface area contributed by atoms with Gasteiger partial charge in [0.25, 0.3) is 0 Å². The van der Waals surface area contributed by atoms with Crippen LogP contribution in [0.5, 0.6) is 11.5 Å². The van der Waals surface area contributed by atoms with Gasteiger partial charge in [-0.1, -0.05) is 38.1 Å². The molecule has 5 rings (SSSR count). The van der Waals surface area contributed by atoms with Gasteiger partial charge in [0.1, 0.15) is 0 Å². The third-order valence-corrected chi connectivity index (χ3v) is 4.85. The standard InChI is InChI=1S/C19H15NO2/c1-19(2)13-6-4-3-5-12(13)16-15-11(7-8-20-18(15)19)9-14-17(16)22-10-21-14/h3-9H,10H2,1-2H3. The highest BCUT2D eigenvalue weighted by Gasteiger charge is 2.37. The smallest absolute Gasteiger partial charge is 0.231 e. The van der Waals surface area contributed by atoms with Crippen LogP contribution in [0.25, 0.3) is 21.9 Å². The van der Waals surface area contributed by atoms with Crippen LogP contribution >= 0.6 is 0 Å². The summed E-state index contributed by atoms with van der Waals surface area (Å²) in [5.74, 6) is 1.68. The van der Waals surface area contributed by atoms with Crippen LogP contribution in [0, 0.1) is 0 Å². The third kappa shape index (κ3) is 1.29. The van der Waals surface area contributed by atoms with E-state index >= 15 is 0 Å². The van der Waals surface area contributed by atoms with E-state index < -0.39 is 0 Å². The van der Waals surface area contributed by atoms with E-state index in [1.807, 2.05) is 12.3 Å². The molecule has 2 heterocycles. The zero-order valence-corrected chi connectivity index (χ0v) is 12.5.